The number of hydrogen-bond acceptors (Lipinski definition) is 2. The van der Waals surface area contributed by atoms with Crippen molar-refractivity contribution < 1.29 is 9.18 Å². The van der Waals surface area contributed by atoms with Gasteiger partial charge in [-0.3, -0.25) is 4.79 Å². The molecular formula is C12H15Cl2FN2O. The lowest BCUT2D eigenvalue weighted by Gasteiger charge is -2.12. The van der Waals surface area contributed by atoms with Crippen LogP contribution in [0.2, 0.25) is 10.0 Å². The van der Waals surface area contributed by atoms with Gasteiger partial charge in [-0.15, -0.1) is 0 Å². The standard InChI is InChI=1S/C12H15Cl2FN2O/c1-3-16-7(2)4-11(18)17-8-5-9(13)12(15)10(14)6-8/h5-7,16H,3-4H2,1-2H3,(H,17,18). The lowest BCUT2D eigenvalue weighted by Crippen LogP contribution is -2.30. The van der Waals surface area contributed by atoms with Crippen LogP contribution in [0.3, 0.4) is 0 Å². The molecule has 0 aliphatic rings. The minimum absolute atomic E-state index is 0.0707. The van der Waals surface area contributed by atoms with Gasteiger partial charge in [0.25, 0.3) is 0 Å². The van der Waals surface area contributed by atoms with Gasteiger partial charge in [0, 0.05) is 18.2 Å². The van der Waals surface area contributed by atoms with Crippen LogP contribution in [0.1, 0.15) is 20.3 Å². The molecule has 0 bridgehead atoms. The number of benzene rings is 1. The molecule has 0 fully saturated rings. The van der Waals surface area contributed by atoms with Crippen LogP contribution in [0.15, 0.2) is 12.1 Å². The zero-order valence-corrected chi connectivity index (χ0v) is 11.7. The first-order valence-electron chi connectivity index (χ1n) is 5.61. The van der Waals surface area contributed by atoms with Crippen molar-refractivity contribution in [2.24, 2.45) is 0 Å². The van der Waals surface area contributed by atoms with E-state index >= 15 is 0 Å². The maximum Gasteiger partial charge on any atom is 0.225 e. The average Bonchev–Trinajstić information content (AvgIpc) is 2.25. The second-order valence-corrected chi connectivity index (χ2v) is 4.78. The van der Waals surface area contributed by atoms with Crippen molar-refractivity contribution in [2.75, 3.05) is 11.9 Å². The van der Waals surface area contributed by atoms with Gasteiger partial charge in [0.2, 0.25) is 5.91 Å². The van der Waals surface area contributed by atoms with Crippen molar-refractivity contribution in [1.82, 2.24) is 5.32 Å². The van der Waals surface area contributed by atoms with Gasteiger partial charge < -0.3 is 10.6 Å². The Morgan fingerprint density at radius 1 is 1.39 bits per heavy atom. The summed E-state index contributed by atoms with van der Waals surface area (Å²) in [5, 5.41) is 5.52. The molecule has 0 spiro atoms. The third-order valence-corrected chi connectivity index (χ3v) is 2.86. The number of carbonyl (C=O) groups is 1. The molecule has 1 aromatic carbocycles. The number of nitrogens with one attached hydrogen (secondary N) is 2. The molecule has 1 unspecified atom stereocenters. The van der Waals surface area contributed by atoms with Crippen molar-refractivity contribution in [3.05, 3.63) is 28.0 Å². The average molecular weight is 293 g/mol. The van der Waals surface area contributed by atoms with Crippen molar-refractivity contribution in [1.29, 1.82) is 0 Å². The van der Waals surface area contributed by atoms with Gasteiger partial charge in [0.1, 0.15) is 0 Å². The number of anilines is 1. The Labute approximate surface area is 116 Å². The zero-order valence-electron chi connectivity index (χ0n) is 10.2. The molecule has 1 rings (SSSR count). The molecule has 0 saturated heterocycles. The maximum atomic E-state index is 13.2. The number of carbonyl (C=O) groups excluding carboxylic acids is 1. The van der Waals surface area contributed by atoms with Gasteiger partial charge in [-0.1, -0.05) is 30.1 Å². The van der Waals surface area contributed by atoms with Crippen LogP contribution in [-0.4, -0.2) is 18.5 Å². The minimum atomic E-state index is -0.683. The van der Waals surface area contributed by atoms with E-state index in [1.54, 1.807) is 0 Å². The van der Waals surface area contributed by atoms with E-state index in [1.165, 1.54) is 12.1 Å². The van der Waals surface area contributed by atoms with Gasteiger partial charge in [-0.2, -0.15) is 0 Å². The molecule has 1 amide bonds. The molecule has 0 aliphatic heterocycles. The van der Waals surface area contributed by atoms with Gasteiger partial charge in [-0.25, -0.2) is 4.39 Å². The summed E-state index contributed by atoms with van der Waals surface area (Å²) >= 11 is 11.3. The van der Waals surface area contributed by atoms with E-state index in [-0.39, 0.29) is 22.0 Å². The molecule has 6 heteroatoms. The molecule has 0 heterocycles. The monoisotopic (exact) mass is 292 g/mol. The van der Waals surface area contributed by atoms with E-state index in [4.69, 9.17) is 23.2 Å². The quantitative estimate of drug-likeness (QED) is 0.816. The lowest BCUT2D eigenvalue weighted by molar-refractivity contribution is -0.116. The topological polar surface area (TPSA) is 41.1 Å². The number of amides is 1. The molecule has 1 atom stereocenters. The Bertz CT molecular complexity index is 417. The van der Waals surface area contributed by atoms with E-state index in [9.17, 15) is 9.18 Å². The SMILES string of the molecule is CCNC(C)CC(=O)Nc1cc(Cl)c(F)c(Cl)c1. The number of hydrogen-bond donors (Lipinski definition) is 2. The number of rotatable bonds is 5. The highest BCUT2D eigenvalue weighted by atomic mass is 35.5. The lowest BCUT2D eigenvalue weighted by atomic mass is 10.2. The largest absolute Gasteiger partial charge is 0.326 e. The maximum absolute atomic E-state index is 13.2. The highest BCUT2D eigenvalue weighted by molar-refractivity contribution is 6.35. The van der Waals surface area contributed by atoms with E-state index < -0.39 is 5.82 Å². The predicted octanol–water partition coefficient (Wildman–Crippen LogP) is 3.46. The normalized spacial score (nSPS) is 12.3. The predicted molar refractivity (Wildman–Crippen MR) is 72.8 cm³/mol. The molecule has 3 nitrogen and oxygen atoms in total. The third-order valence-electron chi connectivity index (χ3n) is 2.31. The van der Waals surface area contributed by atoms with Crippen molar-refractivity contribution >= 4 is 34.8 Å². The second kappa shape index (κ2) is 6.92. The van der Waals surface area contributed by atoms with Crippen molar-refractivity contribution in [3.63, 3.8) is 0 Å². The van der Waals surface area contributed by atoms with E-state index in [0.717, 1.165) is 6.54 Å². The van der Waals surface area contributed by atoms with Crippen LogP contribution in [0.4, 0.5) is 10.1 Å². The number of halogens is 3. The molecule has 0 saturated carbocycles. The minimum Gasteiger partial charge on any atom is -0.326 e. The summed E-state index contributed by atoms with van der Waals surface area (Å²) in [6.07, 6.45) is 0.320. The Kier molecular flexibility index (Phi) is 5.85. The highest BCUT2D eigenvalue weighted by Gasteiger charge is 2.11. The Morgan fingerprint density at radius 2 is 1.94 bits per heavy atom. The van der Waals surface area contributed by atoms with Gasteiger partial charge in [0.15, 0.2) is 5.82 Å². The van der Waals surface area contributed by atoms with E-state index in [0.29, 0.717) is 12.1 Å². The molecule has 0 radical (unpaired) electrons. The van der Waals surface area contributed by atoms with Crippen molar-refractivity contribution in [2.45, 2.75) is 26.3 Å². The summed E-state index contributed by atoms with van der Waals surface area (Å²) in [4.78, 5) is 11.7. The summed E-state index contributed by atoms with van der Waals surface area (Å²) in [6.45, 7) is 4.67. The van der Waals surface area contributed by atoms with Crippen LogP contribution in [0, 0.1) is 5.82 Å². The molecular weight excluding hydrogens is 278 g/mol. The fraction of sp³-hybridized carbons (Fsp3) is 0.417. The summed E-state index contributed by atoms with van der Waals surface area (Å²) in [6, 6.07) is 2.73. The Hall–Kier alpha value is -0.840. The fourth-order valence-corrected chi connectivity index (χ4v) is 2.03. The van der Waals surface area contributed by atoms with Crippen LogP contribution in [0.5, 0.6) is 0 Å². The van der Waals surface area contributed by atoms with Crippen LogP contribution in [-0.2, 0) is 4.79 Å². The Morgan fingerprint density at radius 3 is 2.44 bits per heavy atom. The molecule has 1 aromatic rings. The van der Waals surface area contributed by atoms with E-state index in [1.807, 2.05) is 13.8 Å². The molecule has 0 aliphatic carbocycles. The van der Waals surface area contributed by atoms with Gasteiger partial charge in [0.05, 0.1) is 10.0 Å². The Balaban J connectivity index is 2.65. The van der Waals surface area contributed by atoms with E-state index in [2.05, 4.69) is 10.6 Å². The van der Waals surface area contributed by atoms with Gasteiger partial charge in [-0.05, 0) is 25.6 Å². The first-order chi connectivity index (χ1) is 8.43. The first kappa shape index (κ1) is 15.2. The zero-order chi connectivity index (χ0) is 13.7. The van der Waals surface area contributed by atoms with Crippen LogP contribution < -0.4 is 10.6 Å². The smallest absolute Gasteiger partial charge is 0.225 e. The summed E-state index contributed by atoms with van der Waals surface area (Å²) < 4.78 is 13.2. The van der Waals surface area contributed by atoms with Crippen LogP contribution in [0.25, 0.3) is 0 Å². The molecule has 0 aromatic heterocycles. The molecule has 18 heavy (non-hydrogen) atoms. The van der Waals surface area contributed by atoms with Gasteiger partial charge >= 0.3 is 0 Å². The fourth-order valence-electron chi connectivity index (χ4n) is 1.54. The second-order valence-electron chi connectivity index (χ2n) is 3.96. The molecule has 2 N–H and O–H groups in total. The highest BCUT2D eigenvalue weighted by Crippen LogP contribution is 2.27. The summed E-state index contributed by atoms with van der Waals surface area (Å²) in [5.41, 5.74) is 0.389. The van der Waals surface area contributed by atoms with Crippen LogP contribution >= 0.6 is 23.2 Å². The third kappa shape index (κ3) is 4.44. The summed E-state index contributed by atoms with van der Waals surface area (Å²) in [5.74, 6) is -0.862. The summed E-state index contributed by atoms with van der Waals surface area (Å²) in [7, 11) is 0. The first-order valence-corrected chi connectivity index (χ1v) is 6.37. The molecule has 100 valence electrons. The van der Waals surface area contributed by atoms with Crippen molar-refractivity contribution in [3.8, 4) is 0 Å².